The van der Waals surface area contributed by atoms with E-state index < -0.39 is 0 Å². The molecule has 0 aromatic carbocycles. The van der Waals surface area contributed by atoms with Crippen LogP contribution in [0, 0.1) is 0 Å². The van der Waals surface area contributed by atoms with Crippen LogP contribution in [0.25, 0.3) is 0 Å². The highest BCUT2D eigenvalue weighted by Crippen LogP contribution is 2.29. The van der Waals surface area contributed by atoms with Gasteiger partial charge in [-0.1, -0.05) is 12.1 Å². The average molecular weight is 324 g/mol. The molecule has 2 aromatic heterocycles. The lowest BCUT2D eigenvalue weighted by Gasteiger charge is -2.21. The van der Waals surface area contributed by atoms with Gasteiger partial charge in [0.2, 0.25) is 0 Å². The first-order chi connectivity index (χ1) is 11.8. The Morgan fingerprint density at radius 1 is 1.00 bits per heavy atom. The van der Waals surface area contributed by atoms with Gasteiger partial charge in [-0.25, -0.2) is 4.98 Å². The minimum atomic E-state index is 0.610. The lowest BCUT2D eigenvalue weighted by molar-refractivity contribution is 0.317. The van der Waals surface area contributed by atoms with Crippen LogP contribution in [0.2, 0.25) is 0 Å². The first kappa shape index (κ1) is 16.9. The van der Waals surface area contributed by atoms with E-state index in [9.17, 15) is 0 Å². The third-order valence-corrected chi connectivity index (χ3v) is 5.09. The van der Waals surface area contributed by atoms with Gasteiger partial charge < -0.3 is 4.90 Å². The molecule has 0 N–H and O–H groups in total. The Kier molecular flexibility index (Phi) is 5.81. The van der Waals surface area contributed by atoms with Gasteiger partial charge in [-0.2, -0.15) is 0 Å². The lowest BCUT2D eigenvalue weighted by atomic mass is 10.1. The molecule has 128 valence electrons. The molecular formula is C20H28N4. The van der Waals surface area contributed by atoms with Crippen molar-refractivity contribution < 1.29 is 0 Å². The molecule has 0 spiro atoms. The van der Waals surface area contributed by atoms with E-state index in [0.29, 0.717) is 12.1 Å². The van der Waals surface area contributed by atoms with Crippen LogP contribution in [0.4, 0.5) is 5.82 Å². The van der Waals surface area contributed by atoms with Crippen molar-refractivity contribution in [3.63, 3.8) is 0 Å². The average Bonchev–Trinajstić information content (AvgIpc) is 3.25. The molecule has 2 saturated heterocycles. The molecule has 2 unspecified atom stereocenters. The SMILES string of the molecule is CC1CCCN1c1ccccn1.CN1CCCC1c1cccnc1. The topological polar surface area (TPSA) is 32.3 Å². The summed E-state index contributed by atoms with van der Waals surface area (Å²) < 4.78 is 0. The quantitative estimate of drug-likeness (QED) is 0.838. The Hall–Kier alpha value is -1.94. The maximum absolute atomic E-state index is 4.34. The summed E-state index contributed by atoms with van der Waals surface area (Å²) in [5, 5.41) is 0. The normalized spacial score (nSPS) is 23.8. The second-order valence-corrected chi connectivity index (χ2v) is 6.80. The van der Waals surface area contributed by atoms with E-state index in [-0.39, 0.29) is 0 Å². The van der Waals surface area contributed by atoms with Gasteiger partial charge in [0.1, 0.15) is 5.82 Å². The van der Waals surface area contributed by atoms with Crippen molar-refractivity contribution in [3.05, 3.63) is 54.5 Å². The van der Waals surface area contributed by atoms with Gasteiger partial charge in [0.25, 0.3) is 0 Å². The van der Waals surface area contributed by atoms with Gasteiger partial charge in [-0.05, 0) is 70.0 Å². The summed E-state index contributed by atoms with van der Waals surface area (Å²) in [4.78, 5) is 13.2. The number of pyridine rings is 2. The van der Waals surface area contributed by atoms with Gasteiger partial charge in [-0.3, -0.25) is 9.88 Å². The largest absolute Gasteiger partial charge is 0.354 e. The van der Waals surface area contributed by atoms with Crippen molar-refractivity contribution in [3.8, 4) is 0 Å². The van der Waals surface area contributed by atoms with Gasteiger partial charge in [0.15, 0.2) is 0 Å². The van der Waals surface area contributed by atoms with E-state index in [0.717, 1.165) is 12.4 Å². The smallest absolute Gasteiger partial charge is 0.128 e. The zero-order chi connectivity index (χ0) is 16.8. The number of anilines is 1. The fourth-order valence-electron chi connectivity index (χ4n) is 3.70. The third-order valence-electron chi connectivity index (χ3n) is 5.09. The molecule has 2 aromatic rings. The van der Waals surface area contributed by atoms with E-state index in [1.54, 1.807) is 0 Å². The molecule has 4 nitrogen and oxygen atoms in total. The molecule has 4 heteroatoms. The lowest BCUT2D eigenvalue weighted by Crippen LogP contribution is -2.26. The van der Waals surface area contributed by atoms with E-state index in [4.69, 9.17) is 0 Å². The van der Waals surface area contributed by atoms with Crippen LogP contribution in [0.15, 0.2) is 48.9 Å². The fraction of sp³-hybridized carbons (Fsp3) is 0.500. The maximum Gasteiger partial charge on any atom is 0.128 e. The van der Waals surface area contributed by atoms with Crippen LogP contribution in [-0.4, -0.2) is 41.0 Å². The molecule has 4 rings (SSSR count). The highest BCUT2D eigenvalue weighted by molar-refractivity contribution is 5.39. The van der Waals surface area contributed by atoms with Gasteiger partial charge in [-0.15, -0.1) is 0 Å². The molecule has 2 fully saturated rings. The Balaban J connectivity index is 0.000000141. The van der Waals surface area contributed by atoms with Crippen molar-refractivity contribution in [2.75, 3.05) is 25.0 Å². The van der Waals surface area contributed by atoms with E-state index in [1.165, 1.54) is 37.8 Å². The number of likely N-dealkylation sites (tertiary alicyclic amines) is 1. The highest BCUT2D eigenvalue weighted by Gasteiger charge is 2.22. The molecular weight excluding hydrogens is 296 g/mol. The summed E-state index contributed by atoms with van der Waals surface area (Å²) in [6.07, 6.45) is 10.9. The maximum atomic E-state index is 4.34. The zero-order valence-corrected chi connectivity index (χ0v) is 14.8. The van der Waals surface area contributed by atoms with Crippen molar-refractivity contribution in [1.29, 1.82) is 0 Å². The molecule has 2 aliphatic heterocycles. The van der Waals surface area contributed by atoms with Crippen LogP contribution in [0.1, 0.15) is 44.2 Å². The van der Waals surface area contributed by atoms with E-state index >= 15 is 0 Å². The summed E-state index contributed by atoms with van der Waals surface area (Å²) in [6.45, 7) is 4.65. The van der Waals surface area contributed by atoms with Crippen LogP contribution in [0.3, 0.4) is 0 Å². The van der Waals surface area contributed by atoms with E-state index in [1.807, 2.05) is 36.8 Å². The fourth-order valence-corrected chi connectivity index (χ4v) is 3.70. The zero-order valence-electron chi connectivity index (χ0n) is 14.8. The van der Waals surface area contributed by atoms with Gasteiger partial charge in [0.05, 0.1) is 0 Å². The summed E-state index contributed by atoms with van der Waals surface area (Å²) in [5.41, 5.74) is 1.36. The Morgan fingerprint density at radius 3 is 2.46 bits per heavy atom. The van der Waals surface area contributed by atoms with Crippen LogP contribution in [-0.2, 0) is 0 Å². The second kappa shape index (κ2) is 8.25. The number of aromatic nitrogens is 2. The molecule has 0 bridgehead atoms. The predicted octanol–water partition coefficient (Wildman–Crippen LogP) is 3.92. The molecule has 4 heterocycles. The molecule has 2 atom stereocenters. The summed E-state index contributed by atoms with van der Waals surface area (Å²) in [6, 6.07) is 11.6. The summed E-state index contributed by atoms with van der Waals surface area (Å²) in [5.74, 6) is 1.13. The molecule has 0 radical (unpaired) electrons. The third kappa shape index (κ3) is 4.12. The minimum absolute atomic E-state index is 0.610. The van der Waals surface area contributed by atoms with Crippen molar-refractivity contribution in [1.82, 2.24) is 14.9 Å². The molecule has 0 saturated carbocycles. The molecule has 24 heavy (non-hydrogen) atoms. The summed E-state index contributed by atoms with van der Waals surface area (Å²) in [7, 11) is 2.19. The monoisotopic (exact) mass is 324 g/mol. The first-order valence-electron chi connectivity index (χ1n) is 9.03. The second-order valence-electron chi connectivity index (χ2n) is 6.80. The highest BCUT2D eigenvalue weighted by atomic mass is 15.2. The van der Waals surface area contributed by atoms with Gasteiger partial charge >= 0.3 is 0 Å². The number of rotatable bonds is 2. The van der Waals surface area contributed by atoms with Crippen molar-refractivity contribution >= 4 is 5.82 Å². The van der Waals surface area contributed by atoms with E-state index in [2.05, 4.69) is 45.9 Å². The number of hydrogen-bond acceptors (Lipinski definition) is 4. The van der Waals surface area contributed by atoms with Gasteiger partial charge in [0, 0.05) is 37.2 Å². The number of nitrogens with zero attached hydrogens (tertiary/aromatic N) is 4. The first-order valence-corrected chi connectivity index (χ1v) is 9.03. The predicted molar refractivity (Wildman–Crippen MR) is 99.1 cm³/mol. The van der Waals surface area contributed by atoms with Crippen molar-refractivity contribution in [2.45, 2.75) is 44.7 Å². The Bertz CT molecular complexity index is 546. The van der Waals surface area contributed by atoms with Crippen molar-refractivity contribution in [2.24, 2.45) is 0 Å². The minimum Gasteiger partial charge on any atom is -0.354 e. The molecule has 0 aliphatic carbocycles. The standard InChI is InChI=1S/2C10H14N2/c1-12-7-3-5-10(12)9-4-2-6-11-8-9;1-9-5-4-8-12(9)10-6-2-3-7-11-10/h2,4,6,8,10H,3,5,7H2,1H3;2-3,6-7,9H,4-5,8H2,1H3. The van der Waals surface area contributed by atoms with Crippen LogP contribution >= 0.6 is 0 Å². The number of hydrogen-bond donors (Lipinski definition) is 0. The summed E-state index contributed by atoms with van der Waals surface area (Å²) >= 11 is 0. The molecule has 0 amide bonds. The van der Waals surface area contributed by atoms with Crippen LogP contribution in [0.5, 0.6) is 0 Å². The Labute approximate surface area is 145 Å². The molecule has 2 aliphatic rings. The Morgan fingerprint density at radius 2 is 1.88 bits per heavy atom. The van der Waals surface area contributed by atoms with Crippen LogP contribution < -0.4 is 4.90 Å².